The smallest absolute Gasteiger partial charge is 0.387 e. The van der Waals surface area contributed by atoms with Gasteiger partial charge in [-0.1, -0.05) is 26.0 Å². The summed E-state index contributed by atoms with van der Waals surface area (Å²) in [5.41, 5.74) is 4.59. The molecule has 0 radical (unpaired) electrons. The van der Waals surface area contributed by atoms with Crippen molar-refractivity contribution in [3.05, 3.63) is 65.7 Å². The molecule has 0 aliphatic carbocycles. The molecular formula is C27H24F2N4O3. The van der Waals surface area contributed by atoms with Gasteiger partial charge in [-0.2, -0.15) is 8.78 Å². The van der Waals surface area contributed by atoms with Crippen LogP contribution in [0.4, 0.5) is 8.78 Å². The number of alkyl halides is 2. The number of aromatic nitrogens is 3. The van der Waals surface area contributed by atoms with Crippen LogP contribution in [0.5, 0.6) is 11.5 Å². The van der Waals surface area contributed by atoms with Crippen LogP contribution in [0.3, 0.4) is 0 Å². The van der Waals surface area contributed by atoms with Crippen molar-refractivity contribution in [1.82, 2.24) is 19.4 Å². The number of para-hydroxylation sites is 1. The number of hydrogen-bond donors (Lipinski definition) is 0. The Hall–Kier alpha value is -4.01. The number of benzene rings is 2. The highest BCUT2D eigenvalue weighted by Gasteiger charge is 2.35. The van der Waals surface area contributed by atoms with E-state index in [4.69, 9.17) is 14.5 Å². The molecule has 2 aromatic heterocycles. The monoisotopic (exact) mass is 490 g/mol. The molecule has 0 bridgehead atoms. The van der Waals surface area contributed by atoms with Crippen molar-refractivity contribution in [3.63, 3.8) is 0 Å². The summed E-state index contributed by atoms with van der Waals surface area (Å²) in [5, 5.41) is 0. The van der Waals surface area contributed by atoms with Crippen LogP contribution in [0.2, 0.25) is 0 Å². The second-order valence-electron chi connectivity index (χ2n) is 9.20. The van der Waals surface area contributed by atoms with Gasteiger partial charge in [0.25, 0.3) is 5.91 Å². The van der Waals surface area contributed by atoms with Crippen molar-refractivity contribution in [2.24, 2.45) is 0 Å². The molecule has 4 aromatic rings. The van der Waals surface area contributed by atoms with Gasteiger partial charge in [-0.15, -0.1) is 0 Å². The van der Waals surface area contributed by atoms with Crippen molar-refractivity contribution in [1.29, 1.82) is 0 Å². The van der Waals surface area contributed by atoms with Gasteiger partial charge >= 0.3 is 6.61 Å². The Bertz CT molecular complexity index is 1520. The van der Waals surface area contributed by atoms with Gasteiger partial charge < -0.3 is 14.4 Å². The summed E-state index contributed by atoms with van der Waals surface area (Å²) in [6, 6.07) is 12.0. The van der Waals surface area contributed by atoms with E-state index in [-0.39, 0.29) is 34.9 Å². The van der Waals surface area contributed by atoms with Crippen molar-refractivity contribution in [2.45, 2.75) is 38.8 Å². The molecule has 9 heteroatoms. The molecule has 0 N–H and O–H groups in total. The van der Waals surface area contributed by atoms with Crippen LogP contribution in [0, 0.1) is 0 Å². The Morgan fingerprint density at radius 2 is 2.03 bits per heavy atom. The second-order valence-corrected chi connectivity index (χ2v) is 9.20. The molecule has 0 saturated heterocycles. The van der Waals surface area contributed by atoms with Crippen LogP contribution in [0.15, 0.2) is 48.7 Å². The zero-order valence-corrected chi connectivity index (χ0v) is 20.0. The summed E-state index contributed by atoms with van der Waals surface area (Å²) in [4.78, 5) is 24.5. The van der Waals surface area contributed by atoms with Crippen LogP contribution < -0.4 is 9.47 Å². The van der Waals surface area contributed by atoms with Gasteiger partial charge in [-0.3, -0.25) is 14.3 Å². The van der Waals surface area contributed by atoms with E-state index in [9.17, 15) is 13.6 Å². The number of fused-ring (bicyclic) bond motifs is 6. The maximum atomic E-state index is 13.4. The highest BCUT2D eigenvalue weighted by atomic mass is 19.3. The quantitative estimate of drug-likeness (QED) is 0.366. The lowest BCUT2D eigenvalue weighted by atomic mass is 10.0. The minimum Gasteiger partial charge on any atom is -0.491 e. The number of pyridine rings is 1. The molecule has 4 heterocycles. The van der Waals surface area contributed by atoms with Crippen molar-refractivity contribution < 1.29 is 23.0 Å². The number of ether oxygens (including phenoxy) is 2. The topological polar surface area (TPSA) is 69.5 Å². The first-order valence-corrected chi connectivity index (χ1v) is 11.9. The van der Waals surface area contributed by atoms with E-state index in [1.807, 2.05) is 37.4 Å². The Labute approximate surface area is 206 Å². The Balaban J connectivity index is 1.62. The van der Waals surface area contributed by atoms with Gasteiger partial charge in [0.15, 0.2) is 5.75 Å². The third kappa shape index (κ3) is 3.33. The fraction of sp³-hybridized carbons (Fsp3) is 0.296. The average molecular weight is 491 g/mol. The van der Waals surface area contributed by atoms with Crippen molar-refractivity contribution in [2.75, 3.05) is 13.7 Å². The van der Waals surface area contributed by atoms with Crippen LogP contribution in [-0.2, 0) is 0 Å². The standard InChI is InChI=1S/C27H24F2N4O3/c1-4-19-25-31-18-9-8-15(16-11-22-23(30-12-16)14(2)13-35-22)10-20(18)33(25)24-17(26(34)32(19)3)6-5-7-21(24)36-27(28)29/h5-12,14,19,27H,4,13H2,1-3H3. The molecule has 0 fully saturated rings. The maximum absolute atomic E-state index is 13.4. The van der Waals surface area contributed by atoms with Crippen LogP contribution in [0.25, 0.3) is 27.8 Å². The predicted molar refractivity (Wildman–Crippen MR) is 130 cm³/mol. The molecule has 1 amide bonds. The summed E-state index contributed by atoms with van der Waals surface area (Å²) < 4.78 is 39.2. The molecule has 7 nitrogen and oxygen atoms in total. The number of halogens is 2. The molecule has 2 aliphatic heterocycles. The molecule has 0 spiro atoms. The van der Waals surface area contributed by atoms with Crippen LogP contribution >= 0.6 is 0 Å². The number of rotatable bonds is 4. The van der Waals surface area contributed by atoms with Crippen LogP contribution in [-0.4, -0.2) is 45.6 Å². The Morgan fingerprint density at radius 3 is 2.81 bits per heavy atom. The molecule has 184 valence electrons. The van der Waals surface area contributed by atoms with E-state index < -0.39 is 6.61 Å². The second kappa shape index (κ2) is 8.29. The predicted octanol–water partition coefficient (Wildman–Crippen LogP) is 5.72. The Kier molecular flexibility index (Phi) is 5.17. The largest absolute Gasteiger partial charge is 0.491 e. The van der Waals surface area contributed by atoms with Crippen LogP contribution in [0.1, 0.15) is 54.1 Å². The van der Waals surface area contributed by atoms with E-state index in [0.717, 1.165) is 22.6 Å². The van der Waals surface area contributed by atoms with E-state index in [1.54, 1.807) is 28.6 Å². The van der Waals surface area contributed by atoms with E-state index >= 15 is 0 Å². The van der Waals surface area contributed by atoms with E-state index in [0.29, 0.717) is 29.9 Å². The lowest BCUT2D eigenvalue weighted by Gasteiger charge is -2.24. The zero-order chi connectivity index (χ0) is 25.1. The minimum absolute atomic E-state index is 0.0754. The summed E-state index contributed by atoms with van der Waals surface area (Å²) in [6.07, 6.45) is 2.41. The first-order valence-electron chi connectivity index (χ1n) is 11.9. The number of hydrogen-bond acceptors (Lipinski definition) is 5. The first kappa shape index (κ1) is 22.5. The number of amides is 1. The summed E-state index contributed by atoms with van der Waals surface area (Å²) in [5.74, 6) is 1.25. The molecule has 2 unspecified atom stereocenters. The molecular weight excluding hydrogens is 466 g/mol. The van der Waals surface area contributed by atoms with Gasteiger partial charge in [-0.25, -0.2) is 4.98 Å². The fourth-order valence-electron chi connectivity index (χ4n) is 5.20. The maximum Gasteiger partial charge on any atom is 0.387 e. The summed E-state index contributed by atoms with van der Waals surface area (Å²) in [7, 11) is 1.71. The number of nitrogens with zero attached hydrogens (tertiary/aromatic N) is 4. The average Bonchev–Trinajstić information content (AvgIpc) is 3.40. The third-order valence-electron chi connectivity index (χ3n) is 6.99. The molecule has 2 aromatic carbocycles. The number of carbonyl (C=O) groups excluding carboxylic acids is 1. The highest BCUT2D eigenvalue weighted by molar-refractivity contribution is 6.01. The van der Waals surface area contributed by atoms with E-state index in [2.05, 4.69) is 11.9 Å². The van der Waals surface area contributed by atoms with Gasteiger partial charge in [0.05, 0.1) is 34.9 Å². The lowest BCUT2D eigenvalue weighted by Crippen LogP contribution is -2.30. The normalized spacial score (nSPS) is 18.6. The third-order valence-corrected chi connectivity index (χ3v) is 6.99. The van der Waals surface area contributed by atoms with Gasteiger partial charge in [0.2, 0.25) is 0 Å². The molecule has 6 rings (SSSR count). The fourth-order valence-corrected chi connectivity index (χ4v) is 5.20. The zero-order valence-electron chi connectivity index (χ0n) is 20.0. The summed E-state index contributed by atoms with van der Waals surface area (Å²) >= 11 is 0. The first-order chi connectivity index (χ1) is 17.4. The van der Waals surface area contributed by atoms with Crippen molar-refractivity contribution in [3.8, 4) is 28.3 Å². The summed E-state index contributed by atoms with van der Waals surface area (Å²) in [6.45, 7) is 1.60. The number of carbonyl (C=O) groups is 1. The van der Waals surface area contributed by atoms with Crippen molar-refractivity contribution >= 4 is 16.9 Å². The Morgan fingerprint density at radius 1 is 1.19 bits per heavy atom. The minimum atomic E-state index is -3.04. The SMILES string of the molecule is CCC1c2nc3ccc(-c4cnc5c(c4)OCC5C)cc3n2-c2c(OC(F)F)cccc2C(=O)N1C. The number of imidazole rings is 1. The highest BCUT2D eigenvalue weighted by Crippen LogP contribution is 2.41. The molecule has 0 saturated carbocycles. The lowest BCUT2D eigenvalue weighted by molar-refractivity contribution is -0.0498. The van der Waals surface area contributed by atoms with Gasteiger partial charge in [-0.05, 0) is 42.3 Å². The van der Waals surface area contributed by atoms with Gasteiger partial charge in [0, 0.05) is 24.7 Å². The molecule has 2 atom stereocenters. The molecule has 2 aliphatic rings. The van der Waals surface area contributed by atoms with E-state index in [1.165, 1.54) is 6.07 Å². The molecule has 36 heavy (non-hydrogen) atoms. The van der Waals surface area contributed by atoms with Gasteiger partial charge in [0.1, 0.15) is 17.3 Å².